The fourth-order valence-corrected chi connectivity index (χ4v) is 3.56. The third-order valence-corrected chi connectivity index (χ3v) is 5.40. The monoisotopic (exact) mass is 413 g/mol. The maximum Gasteiger partial charge on any atom is 0.258 e. The first-order valence-corrected chi connectivity index (χ1v) is 9.86. The average molecular weight is 414 g/mol. The highest BCUT2D eigenvalue weighted by molar-refractivity contribution is 5.85. The lowest BCUT2D eigenvalue weighted by Gasteiger charge is -2.38. The smallest absolute Gasteiger partial charge is 0.258 e. The Morgan fingerprint density at radius 2 is 1.55 bits per heavy atom. The van der Waals surface area contributed by atoms with Gasteiger partial charge in [0.05, 0.1) is 0 Å². The molecule has 3 aromatic rings. The molecule has 29 heavy (non-hydrogen) atoms. The zero-order valence-electron chi connectivity index (χ0n) is 16.9. The second-order valence-corrected chi connectivity index (χ2v) is 7.49. The van der Waals surface area contributed by atoms with Gasteiger partial charge in [0.1, 0.15) is 0 Å². The van der Waals surface area contributed by atoms with Crippen LogP contribution in [0.25, 0.3) is 22.8 Å². The Bertz CT molecular complexity index is 900. The molecule has 2 N–H and O–H groups in total. The van der Waals surface area contributed by atoms with Crippen LogP contribution in [0, 0.1) is 0 Å². The molecular weight excluding hydrogens is 386 g/mol. The Kier molecular flexibility index (Phi) is 6.90. The number of nitrogens with zero attached hydrogens (tertiary/aromatic N) is 4. The van der Waals surface area contributed by atoms with Crippen LogP contribution in [0.1, 0.15) is 19.4 Å². The molecule has 0 unspecified atom stereocenters. The fourth-order valence-electron chi connectivity index (χ4n) is 3.56. The predicted octanol–water partition coefficient (Wildman–Crippen LogP) is 3.81. The normalized spacial score (nSPS) is 14.8. The number of hydrogen-bond donors (Lipinski definition) is 1. The molecular formula is C22H28ClN5O. The SMILES string of the molecule is CC(C)N1CCN(c2ccc(-c3nc(-c4ccc(CN)cc4)no3)cc2)CC1.Cl. The van der Waals surface area contributed by atoms with Gasteiger partial charge >= 0.3 is 0 Å². The van der Waals surface area contributed by atoms with Gasteiger partial charge in [-0.15, -0.1) is 12.4 Å². The minimum absolute atomic E-state index is 0. The zero-order chi connectivity index (χ0) is 19.5. The Labute approximate surface area is 178 Å². The van der Waals surface area contributed by atoms with E-state index in [4.69, 9.17) is 10.3 Å². The largest absolute Gasteiger partial charge is 0.369 e. The number of anilines is 1. The van der Waals surface area contributed by atoms with Crippen LogP contribution < -0.4 is 10.6 Å². The molecule has 0 amide bonds. The van der Waals surface area contributed by atoms with Crippen molar-refractivity contribution in [2.45, 2.75) is 26.4 Å². The van der Waals surface area contributed by atoms with Gasteiger partial charge in [-0.1, -0.05) is 29.4 Å². The van der Waals surface area contributed by atoms with Crippen LogP contribution in [0.15, 0.2) is 53.1 Å². The molecule has 1 fully saturated rings. The van der Waals surface area contributed by atoms with Crippen molar-refractivity contribution in [1.82, 2.24) is 15.0 Å². The van der Waals surface area contributed by atoms with Crippen molar-refractivity contribution in [2.75, 3.05) is 31.1 Å². The summed E-state index contributed by atoms with van der Waals surface area (Å²) in [4.78, 5) is 9.50. The standard InChI is InChI=1S/C22H27N5O.ClH/c1-16(2)26-11-13-27(14-12-26)20-9-7-19(8-10-20)22-24-21(25-28-22)18-5-3-17(15-23)4-6-18;/h3-10,16H,11-15,23H2,1-2H3;1H. The first-order valence-electron chi connectivity index (χ1n) is 9.86. The van der Waals surface area contributed by atoms with Gasteiger partial charge in [-0.05, 0) is 43.7 Å². The lowest BCUT2D eigenvalue weighted by molar-refractivity contribution is 0.209. The van der Waals surface area contributed by atoms with Crippen molar-refractivity contribution in [3.05, 3.63) is 54.1 Å². The molecule has 1 aliphatic rings. The summed E-state index contributed by atoms with van der Waals surface area (Å²) in [6, 6.07) is 16.9. The first kappa shape index (κ1) is 21.3. The van der Waals surface area contributed by atoms with Gasteiger partial charge in [0.15, 0.2) is 0 Å². The van der Waals surface area contributed by atoms with Crippen LogP contribution in [-0.4, -0.2) is 47.3 Å². The average Bonchev–Trinajstić information content (AvgIpc) is 3.24. The fraction of sp³-hybridized carbons (Fsp3) is 0.364. The highest BCUT2D eigenvalue weighted by Gasteiger charge is 2.19. The number of piperazine rings is 1. The van der Waals surface area contributed by atoms with Gasteiger partial charge in [0, 0.05) is 55.6 Å². The van der Waals surface area contributed by atoms with Crippen molar-refractivity contribution in [2.24, 2.45) is 5.73 Å². The lowest BCUT2D eigenvalue weighted by atomic mass is 10.1. The quantitative estimate of drug-likeness (QED) is 0.685. The summed E-state index contributed by atoms with van der Waals surface area (Å²) in [5, 5.41) is 4.12. The molecule has 2 heterocycles. The summed E-state index contributed by atoms with van der Waals surface area (Å²) in [6.45, 7) is 9.37. The molecule has 7 heteroatoms. The van der Waals surface area contributed by atoms with Crippen molar-refractivity contribution in [1.29, 1.82) is 0 Å². The van der Waals surface area contributed by atoms with E-state index in [0.29, 0.717) is 24.3 Å². The van der Waals surface area contributed by atoms with Gasteiger partial charge in [0.2, 0.25) is 5.82 Å². The van der Waals surface area contributed by atoms with E-state index in [1.165, 1.54) is 5.69 Å². The molecule has 154 valence electrons. The van der Waals surface area contributed by atoms with E-state index in [0.717, 1.165) is 42.9 Å². The number of rotatable bonds is 5. The maximum atomic E-state index is 5.65. The van der Waals surface area contributed by atoms with Gasteiger partial charge in [-0.25, -0.2) is 0 Å². The Balaban J connectivity index is 0.00000240. The molecule has 1 aromatic heterocycles. The van der Waals surface area contributed by atoms with Gasteiger partial charge < -0.3 is 15.2 Å². The van der Waals surface area contributed by atoms with E-state index >= 15 is 0 Å². The summed E-state index contributed by atoms with van der Waals surface area (Å²) < 4.78 is 5.48. The minimum Gasteiger partial charge on any atom is -0.369 e. The summed E-state index contributed by atoms with van der Waals surface area (Å²) in [5.74, 6) is 1.13. The van der Waals surface area contributed by atoms with Crippen LogP contribution >= 0.6 is 12.4 Å². The third kappa shape index (κ3) is 4.78. The first-order chi connectivity index (χ1) is 13.6. The Morgan fingerprint density at radius 1 is 0.931 bits per heavy atom. The summed E-state index contributed by atoms with van der Waals surface area (Å²) >= 11 is 0. The second kappa shape index (κ2) is 9.39. The minimum atomic E-state index is 0. The number of aromatic nitrogens is 2. The number of benzene rings is 2. The van der Waals surface area contributed by atoms with Gasteiger partial charge in [-0.2, -0.15) is 4.98 Å². The molecule has 0 saturated carbocycles. The summed E-state index contributed by atoms with van der Waals surface area (Å²) in [5.41, 5.74) is 9.83. The Morgan fingerprint density at radius 3 is 2.14 bits per heavy atom. The van der Waals surface area contributed by atoms with E-state index in [9.17, 15) is 0 Å². The number of halogens is 1. The molecule has 6 nitrogen and oxygen atoms in total. The molecule has 2 aromatic carbocycles. The number of hydrogen-bond acceptors (Lipinski definition) is 6. The van der Waals surface area contributed by atoms with E-state index < -0.39 is 0 Å². The summed E-state index contributed by atoms with van der Waals surface area (Å²) in [7, 11) is 0. The number of nitrogens with two attached hydrogens (primary N) is 1. The van der Waals surface area contributed by atoms with E-state index in [1.807, 2.05) is 24.3 Å². The van der Waals surface area contributed by atoms with Crippen molar-refractivity contribution in [3.63, 3.8) is 0 Å². The highest BCUT2D eigenvalue weighted by atomic mass is 35.5. The van der Waals surface area contributed by atoms with Crippen LogP contribution in [-0.2, 0) is 6.54 Å². The molecule has 0 bridgehead atoms. The van der Waals surface area contributed by atoms with E-state index in [-0.39, 0.29) is 12.4 Å². The predicted molar refractivity (Wildman–Crippen MR) is 119 cm³/mol. The molecule has 4 rings (SSSR count). The molecule has 0 aliphatic carbocycles. The third-order valence-electron chi connectivity index (χ3n) is 5.40. The zero-order valence-corrected chi connectivity index (χ0v) is 17.7. The molecule has 1 aliphatic heterocycles. The maximum absolute atomic E-state index is 5.65. The van der Waals surface area contributed by atoms with Crippen LogP contribution in [0.2, 0.25) is 0 Å². The molecule has 0 spiro atoms. The van der Waals surface area contributed by atoms with Crippen molar-refractivity contribution in [3.8, 4) is 22.8 Å². The van der Waals surface area contributed by atoms with Gasteiger partial charge in [-0.3, -0.25) is 4.90 Å². The molecule has 0 radical (unpaired) electrons. The van der Waals surface area contributed by atoms with Crippen LogP contribution in [0.5, 0.6) is 0 Å². The van der Waals surface area contributed by atoms with E-state index in [1.54, 1.807) is 0 Å². The van der Waals surface area contributed by atoms with E-state index in [2.05, 4.69) is 58.1 Å². The molecule has 1 saturated heterocycles. The van der Waals surface area contributed by atoms with Crippen LogP contribution in [0.3, 0.4) is 0 Å². The highest BCUT2D eigenvalue weighted by Crippen LogP contribution is 2.25. The Hall–Kier alpha value is -2.41. The van der Waals surface area contributed by atoms with Gasteiger partial charge in [0.25, 0.3) is 5.89 Å². The molecule has 0 atom stereocenters. The second-order valence-electron chi connectivity index (χ2n) is 7.49. The van der Waals surface area contributed by atoms with Crippen LogP contribution in [0.4, 0.5) is 5.69 Å². The summed E-state index contributed by atoms with van der Waals surface area (Å²) in [6.07, 6.45) is 0. The lowest BCUT2D eigenvalue weighted by Crippen LogP contribution is -2.48. The van der Waals surface area contributed by atoms with Crippen molar-refractivity contribution < 1.29 is 4.52 Å². The van der Waals surface area contributed by atoms with Crippen molar-refractivity contribution >= 4 is 18.1 Å². The topological polar surface area (TPSA) is 71.4 Å².